The van der Waals surface area contributed by atoms with Gasteiger partial charge >= 0.3 is 0 Å². The summed E-state index contributed by atoms with van der Waals surface area (Å²) in [6.45, 7) is 1.62. The van der Waals surface area contributed by atoms with Gasteiger partial charge in [-0.2, -0.15) is 4.31 Å². The van der Waals surface area contributed by atoms with Crippen LogP contribution in [0.1, 0.15) is 11.5 Å². The Bertz CT molecular complexity index is 661. The van der Waals surface area contributed by atoms with Gasteiger partial charge in [-0.1, -0.05) is 0 Å². The van der Waals surface area contributed by atoms with E-state index in [0.717, 1.165) is 0 Å². The Morgan fingerprint density at radius 3 is 2.42 bits per heavy atom. The highest BCUT2D eigenvalue weighted by atomic mass is 32.2. The van der Waals surface area contributed by atoms with E-state index in [0.29, 0.717) is 5.76 Å². The zero-order chi connectivity index (χ0) is 14.3. The molecule has 0 bridgehead atoms. The monoisotopic (exact) mass is 308 g/mol. The minimum absolute atomic E-state index is 0.0206. The van der Waals surface area contributed by atoms with Crippen molar-refractivity contribution in [3.05, 3.63) is 17.6 Å². The lowest BCUT2D eigenvalue weighted by Crippen LogP contribution is -2.43. The van der Waals surface area contributed by atoms with E-state index in [4.69, 9.17) is 10.2 Å². The molecule has 0 unspecified atom stereocenters. The van der Waals surface area contributed by atoms with E-state index in [-0.39, 0.29) is 41.8 Å². The lowest BCUT2D eigenvalue weighted by atomic mass is 10.4. The number of nitrogens with zero attached hydrogens (tertiary/aromatic N) is 1. The molecule has 0 radical (unpaired) electrons. The molecule has 2 N–H and O–H groups in total. The van der Waals surface area contributed by atoms with Crippen LogP contribution in [0, 0.1) is 6.92 Å². The number of sulfonamides is 1. The molecule has 0 aliphatic carbocycles. The Labute approximate surface area is 112 Å². The second kappa shape index (κ2) is 4.89. The number of aryl methyl sites for hydroxylation is 1. The van der Waals surface area contributed by atoms with Crippen LogP contribution in [0.25, 0.3) is 0 Å². The molecule has 108 valence electrons. The Hall–Kier alpha value is -0.900. The zero-order valence-electron chi connectivity index (χ0n) is 10.5. The van der Waals surface area contributed by atoms with Crippen molar-refractivity contribution in [2.45, 2.75) is 18.4 Å². The minimum atomic E-state index is -3.71. The summed E-state index contributed by atoms with van der Waals surface area (Å²) in [5.41, 5.74) is 5.41. The number of hydrogen-bond donors (Lipinski definition) is 1. The molecule has 0 saturated carbocycles. The third-order valence-corrected chi connectivity index (χ3v) is 6.66. The molecule has 9 heteroatoms. The average molecular weight is 308 g/mol. The maximum atomic E-state index is 12.4. The van der Waals surface area contributed by atoms with E-state index in [9.17, 15) is 16.8 Å². The maximum absolute atomic E-state index is 12.4. The number of sulfone groups is 1. The molecule has 19 heavy (non-hydrogen) atoms. The maximum Gasteiger partial charge on any atom is 0.246 e. The van der Waals surface area contributed by atoms with Gasteiger partial charge < -0.3 is 10.2 Å². The van der Waals surface area contributed by atoms with E-state index in [1.807, 2.05) is 0 Å². The van der Waals surface area contributed by atoms with Gasteiger partial charge in [0, 0.05) is 19.2 Å². The van der Waals surface area contributed by atoms with Crippen LogP contribution in [0.5, 0.6) is 0 Å². The van der Waals surface area contributed by atoms with Crippen LogP contribution in [-0.2, 0) is 26.4 Å². The zero-order valence-corrected chi connectivity index (χ0v) is 12.1. The molecule has 1 aliphatic heterocycles. The van der Waals surface area contributed by atoms with Gasteiger partial charge in [-0.05, 0) is 6.92 Å². The molecular formula is C10H16N2O5S2. The molecule has 0 amide bonds. The lowest BCUT2D eigenvalue weighted by Gasteiger charge is -2.25. The lowest BCUT2D eigenvalue weighted by molar-refractivity contribution is 0.427. The van der Waals surface area contributed by atoms with Gasteiger partial charge in [0.2, 0.25) is 10.0 Å². The SMILES string of the molecule is Cc1oc(CN)cc1S(=O)(=O)N1CCS(=O)(=O)CC1. The fraction of sp³-hybridized carbons (Fsp3) is 0.600. The van der Waals surface area contributed by atoms with Gasteiger partial charge in [-0.15, -0.1) is 0 Å². The van der Waals surface area contributed by atoms with Crippen molar-refractivity contribution in [2.75, 3.05) is 24.6 Å². The molecule has 0 atom stereocenters. The predicted molar refractivity (Wildman–Crippen MR) is 68.7 cm³/mol. The summed E-state index contributed by atoms with van der Waals surface area (Å²) >= 11 is 0. The quantitative estimate of drug-likeness (QED) is 0.803. The first-order valence-corrected chi connectivity index (χ1v) is 9.02. The van der Waals surface area contributed by atoms with Crippen LogP contribution in [0.15, 0.2) is 15.4 Å². The second-order valence-electron chi connectivity index (χ2n) is 4.39. The minimum Gasteiger partial charge on any atom is -0.464 e. The van der Waals surface area contributed by atoms with Gasteiger partial charge in [-0.25, -0.2) is 16.8 Å². The highest BCUT2D eigenvalue weighted by Gasteiger charge is 2.33. The first-order valence-electron chi connectivity index (χ1n) is 5.76. The van der Waals surface area contributed by atoms with Gasteiger partial charge in [0.15, 0.2) is 9.84 Å². The summed E-state index contributed by atoms with van der Waals surface area (Å²) in [7, 11) is -6.83. The summed E-state index contributed by atoms with van der Waals surface area (Å²) < 4.78 is 53.8. The first kappa shape index (κ1) is 14.5. The van der Waals surface area contributed by atoms with Crippen molar-refractivity contribution in [3.8, 4) is 0 Å². The molecular weight excluding hydrogens is 292 g/mol. The van der Waals surface area contributed by atoms with Crippen molar-refractivity contribution < 1.29 is 21.3 Å². The van der Waals surface area contributed by atoms with E-state index in [1.165, 1.54) is 10.4 Å². The van der Waals surface area contributed by atoms with Gasteiger partial charge in [0.1, 0.15) is 16.4 Å². The summed E-state index contributed by atoms with van der Waals surface area (Å²) in [6.07, 6.45) is 0. The molecule has 0 spiro atoms. The molecule has 1 aliphatic rings. The van der Waals surface area contributed by atoms with Crippen LogP contribution in [0.2, 0.25) is 0 Å². The molecule has 7 nitrogen and oxygen atoms in total. The molecule has 2 rings (SSSR count). The Morgan fingerprint density at radius 2 is 1.95 bits per heavy atom. The number of nitrogens with two attached hydrogens (primary N) is 1. The smallest absolute Gasteiger partial charge is 0.246 e. The Morgan fingerprint density at radius 1 is 1.37 bits per heavy atom. The Balaban J connectivity index is 2.30. The van der Waals surface area contributed by atoms with Crippen molar-refractivity contribution in [3.63, 3.8) is 0 Å². The Kier molecular flexibility index (Phi) is 3.74. The van der Waals surface area contributed by atoms with Crippen LogP contribution >= 0.6 is 0 Å². The van der Waals surface area contributed by atoms with Crippen LogP contribution in [0.3, 0.4) is 0 Å². The first-order chi connectivity index (χ1) is 8.76. The number of hydrogen-bond acceptors (Lipinski definition) is 6. The summed E-state index contributed by atoms with van der Waals surface area (Å²) in [5, 5.41) is 0. The average Bonchev–Trinajstić information content (AvgIpc) is 2.70. The number of rotatable bonds is 3. The molecule has 1 saturated heterocycles. The normalized spacial score (nSPS) is 20.5. The van der Waals surface area contributed by atoms with Crippen LogP contribution < -0.4 is 5.73 Å². The third kappa shape index (κ3) is 2.83. The largest absolute Gasteiger partial charge is 0.464 e. The summed E-state index contributed by atoms with van der Waals surface area (Å²) in [6, 6.07) is 1.40. The highest BCUT2D eigenvalue weighted by Crippen LogP contribution is 2.24. The molecule has 1 fully saturated rings. The summed E-state index contributed by atoms with van der Waals surface area (Å²) in [4.78, 5) is 0.0623. The van der Waals surface area contributed by atoms with Crippen molar-refractivity contribution in [1.82, 2.24) is 4.31 Å². The van der Waals surface area contributed by atoms with E-state index < -0.39 is 19.9 Å². The van der Waals surface area contributed by atoms with E-state index in [2.05, 4.69) is 0 Å². The number of furan rings is 1. The molecule has 1 aromatic rings. The van der Waals surface area contributed by atoms with Crippen LogP contribution in [-0.4, -0.2) is 45.7 Å². The fourth-order valence-electron chi connectivity index (χ4n) is 1.96. The van der Waals surface area contributed by atoms with Crippen molar-refractivity contribution >= 4 is 19.9 Å². The van der Waals surface area contributed by atoms with Crippen molar-refractivity contribution in [2.24, 2.45) is 5.73 Å². The molecule has 1 aromatic heterocycles. The molecule has 2 heterocycles. The highest BCUT2D eigenvalue weighted by molar-refractivity contribution is 7.92. The standard InChI is InChI=1S/C10H16N2O5S2/c1-8-10(6-9(7-11)17-8)19(15,16)12-2-4-18(13,14)5-3-12/h6H,2-5,7,11H2,1H3. The van der Waals surface area contributed by atoms with E-state index >= 15 is 0 Å². The van der Waals surface area contributed by atoms with Gasteiger partial charge in [0.25, 0.3) is 0 Å². The van der Waals surface area contributed by atoms with Gasteiger partial charge in [0.05, 0.1) is 18.1 Å². The summed E-state index contributed by atoms with van der Waals surface area (Å²) in [5.74, 6) is 0.370. The predicted octanol–water partition coefficient (Wildman–Crippen LogP) is -0.534. The van der Waals surface area contributed by atoms with Crippen molar-refractivity contribution in [1.29, 1.82) is 0 Å². The fourth-order valence-corrected chi connectivity index (χ4v) is 5.02. The molecule has 0 aromatic carbocycles. The van der Waals surface area contributed by atoms with Crippen LogP contribution in [0.4, 0.5) is 0 Å². The topological polar surface area (TPSA) is 111 Å². The second-order valence-corrected chi connectivity index (χ2v) is 8.60. The van der Waals surface area contributed by atoms with Gasteiger partial charge in [-0.3, -0.25) is 0 Å². The van der Waals surface area contributed by atoms with E-state index in [1.54, 1.807) is 6.92 Å². The third-order valence-electron chi connectivity index (χ3n) is 3.05.